The Bertz CT molecular complexity index is 1530. The van der Waals surface area contributed by atoms with E-state index in [4.69, 9.17) is 14.2 Å². The minimum Gasteiger partial charge on any atom is -0.490 e. The zero-order chi connectivity index (χ0) is 27.0. The number of halogens is 2. The predicted octanol–water partition coefficient (Wildman–Crippen LogP) is 6.15. The quantitative estimate of drug-likeness (QED) is 0.251. The highest BCUT2D eigenvalue weighted by atomic mass is 127. The summed E-state index contributed by atoms with van der Waals surface area (Å²) in [6.07, 6.45) is 0. The standard InChI is InChI=1S/C30H25FINO5/c1-4-37-23-14-18(13-22(32)29(23)38-15-17-9-5-8-12-21(17)31)25-24(30(35)36-3)16(2)33-27-19-10-6-7-11-20(19)28(34)26(25)27/h5-14,25,33H,4,15H2,1-3H3/t25-/m1/s1. The lowest BCUT2D eigenvalue weighted by molar-refractivity contribution is -0.136. The summed E-state index contributed by atoms with van der Waals surface area (Å²) in [5.41, 5.74) is 4.62. The lowest BCUT2D eigenvalue weighted by Gasteiger charge is -2.29. The summed E-state index contributed by atoms with van der Waals surface area (Å²) in [5.74, 6) is -0.806. The Balaban J connectivity index is 1.63. The number of ketones is 1. The van der Waals surface area contributed by atoms with Crippen molar-refractivity contribution in [2.24, 2.45) is 0 Å². The van der Waals surface area contributed by atoms with Gasteiger partial charge in [-0.15, -0.1) is 0 Å². The van der Waals surface area contributed by atoms with E-state index in [1.54, 1.807) is 37.3 Å². The van der Waals surface area contributed by atoms with Crippen LogP contribution in [0.15, 0.2) is 77.5 Å². The SMILES string of the molecule is CCOc1cc([C@@H]2C(C(=O)OC)=C(C)NC3=C2C(=O)c2ccccc23)cc(I)c1OCc1ccccc1F. The second kappa shape index (κ2) is 10.6. The zero-order valence-corrected chi connectivity index (χ0v) is 23.2. The van der Waals surface area contributed by atoms with Crippen molar-refractivity contribution >= 4 is 40.0 Å². The van der Waals surface area contributed by atoms with Gasteiger partial charge in [0.25, 0.3) is 0 Å². The van der Waals surface area contributed by atoms with Crippen LogP contribution in [-0.4, -0.2) is 25.5 Å². The van der Waals surface area contributed by atoms with Crippen molar-refractivity contribution in [3.8, 4) is 11.5 Å². The van der Waals surface area contributed by atoms with Gasteiger partial charge in [0.2, 0.25) is 0 Å². The smallest absolute Gasteiger partial charge is 0.336 e. The van der Waals surface area contributed by atoms with Crippen molar-refractivity contribution in [3.05, 3.63) is 109 Å². The minimum atomic E-state index is -0.688. The molecule has 8 heteroatoms. The van der Waals surface area contributed by atoms with Crippen LogP contribution in [0.25, 0.3) is 5.70 Å². The molecule has 5 rings (SSSR count). The summed E-state index contributed by atoms with van der Waals surface area (Å²) >= 11 is 2.14. The maximum atomic E-state index is 14.2. The number of carbonyl (C=O) groups is 2. The molecule has 3 aromatic rings. The molecule has 3 aromatic carbocycles. The van der Waals surface area contributed by atoms with Gasteiger partial charge in [0.1, 0.15) is 12.4 Å². The Labute approximate surface area is 233 Å². The van der Waals surface area contributed by atoms with E-state index in [1.807, 2.05) is 31.2 Å². The number of Topliss-reactive ketones (excluding diaryl/α,β-unsaturated/α-hetero) is 1. The van der Waals surface area contributed by atoms with Crippen molar-refractivity contribution in [1.29, 1.82) is 0 Å². The first kappa shape index (κ1) is 26.0. The molecule has 0 radical (unpaired) electrons. The van der Waals surface area contributed by atoms with Gasteiger partial charge in [-0.1, -0.05) is 42.5 Å². The van der Waals surface area contributed by atoms with Gasteiger partial charge in [-0.05, 0) is 60.2 Å². The van der Waals surface area contributed by atoms with Crippen LogP contribution in [0.4, 0.5) is 4.39 Å². The molecular weight excluding hydrogens is 600 g/mol. The Morgan fingerprint density at radius 3 is 2.47 bits per heavy atom. The molecule has 1 aliphatic heterocycles. The Hall–Kier alpha value is -3.66. The van der Waals surface area contributed by atoms with Crippen LogP contribution in [-0.2, 0) is 16.1 Å². The summed E-state index contributed by atoms with van der Waals surface area (Å²) < 4.78 is 32.0. The second-order valence-corrected chi connectivity index (χ2v) is 10.1. The molecule has 1 N–H and O–H groups in total. The highest BCUT2D eigenvalue weighted by Crippen LogP contribution is 2.48. The van der Waals surface area contributed by atoms with E-state index in [1.165, 1.54) is 13.2 Å². The number of hydrogen-bond donors (Lipinski definition) is 1. The van der Waals surface area contributed by atoms with Gasteiger partial charge in [0.05, 0.1) is 28.6 Å². The molecule has 1 heterocycles. The molecule has 0 saturated carbocycles. The first-order valence-electron chi connectivity index (χ1n) is 12.1. The van der Waals surface area contributed by atoms with E-state index in [-0.39, 0.29) is 18.2 Å². The van der Waals surface area contributed by atoms with Crippen LogP contribution in [0.2, 0.25) is 0 Å². The molecule has 1 atom stereocenters. The highest BCUT2D eigenvalue weighted by molar-refractivity contribution is 14.1. The Morgan fingerprint density at radius 1 is 1.05 bits per heavy atom. The maximum Gasteiger partial charge on any atom is 0.336 e. The molecule has 38 heavy (non-hydrogen) atoms. The number of carbonyl (C=O) groups excluding carboxylic acids is 2. The van der Waals surface area contributed by atoms with Gasteiger partial charge in [-0.3, -0.25) is 4.79 Å². The fourth-order valence-electron chi connectivity index (χ4n) is 4.97. The monoisotopic (exact) mass is 625 g/mol. The first-order valence-corrected chi connectivity index (χ1v) is 13.2. The first-order chi connectivity index (χ1) is 18.3. The van der Waals surface area contributed by atoms with Gasteiger partial charge in [-0.2, -0.15) is 0 Å². The topological polar surface area (TPSA) is 73.9 Å². The van der Waals surface area contributed by atoms with Crippen LogP contribution in [0, 0.1) is 9.39 Å². The summed E-state index contributed by atoms with van der Waals surface area (Å²) in [7, 11) is 1.32. The van der Waals surface area contributed by atoms with Crippen molar-refractivity contribution < 1.29 is 28.2 Å². The molecule has 0 saturated heterocycles. The number of benzene rings is 3. The third-order valence-electron chi connectivity index (χ3n) is 6.65. The van der Waals surface area contributed by atoms with Crippen LogP contribution >= 0.6 is 22.6 Å². The van der Waals surface area contributed by atoms with Gasteiger partial charge in [0, 0.05) is 33.9 Å². The number of hydrogen-bond acceptors (Lipinski definition) is 6. The number of dihydropyridines is 1. The number of rotatable bonds is 7. The normalized spacial score (nSPS) is 16.1. The molecular formula is C30H25FINO5. The van der Waals surface area contributed by atoms with Crippen molar-refractivity contribution in [3.63, 3.8) is 0 Å². The number of methoxy groups -OCH3 is 1. The second-order valence-electron chi connectivity index (χ2n) is 8.89. The summed E-state index contributed by atoms with van der Waals surface area (Å²) in [6.45, 7) is 4.03. The Kier molecular flexibility index (Phi) is 7.25. The maximum absolute atomic E-state index is 14.2. The minimum absolute atomic E-state index is 0.0188. The summed E-state index contributed by atoms with van der Waals surface area (Å²) in [4.78, 5) is 26.7. The fraction of sp³-hybridized carbons (Fsp3) is 0.200. The summed E-state index contributed by atoms with van der Waals surface area (Å²) in [5, 5.41) is 3.28. The van der Waals surface area contributed by atoms with Crippen molar-refractivity contribution in [1.82, 2.24) is 5.32 Å². The van der Waals surface area contributed by atoms with E-state index in [0.717, 1.165) is 5.56 Å². The molecule has 0 bridgehead atoms. The molecule has 0 amide bonds. The molecule has 194 valence electrons. The van der Waals surface area contributed by atoms with E-state index >= 15 is 0 Å². The lowest BCUT2D eigenvalue weighted by Crippen LogP contribution is -2.29. The van der Waals surface area contributed by atoms with Gasteiger partial charge < -0.3 is 19.5 Å². The molecule has 6 nitrogen and oxygen atoms in total. The van der Waals surface area contributed by atoms with E-state index < -0.39 is 11.9 Å². The number of nitrogens with one attached hydrogen (secondary N) is 1. The third-order valence-corrected chi connectivity index (χ3v) is 7.45. The van der Waals surface area contributed by atoms with E-state index in [0.29, 0.717) is 60.9 Å². The number of allylic oxidation sites excluding steroid dienone is 2. The molecule has 0 fully saturated rings. The van der Waals surface area contributed by atoms with Crippen LogP contribution in [0.5, 0.6) is 11.5 Å². The van der Waals surface area contributed by atoms with Crippen LogP contribution < -0.4 is 14.8 Å². The number of fused-ring (bicyclic) bond motifs is 2. The molecule has 2 aliphatic rings. The van der Waals surface area contributed by atoms with Crippen molar-refractivity contribution in [2.75, 3.05) is 13.7 Å². The van der Waals surface area contributed by atoms with E-state index in [9.17, 15) is 14.0 Å². The average Bonchev–Trinajstić information content (AvgIpc) is 3.19. The Morgan fingerprint density at radius 2 is 1.76 bits per heavy atom. The molecule has 0 unspecified atom stereocenters. The average molecular weight is 625 g/mol. The lowest BCUT2D eigenvalue weighted by atomic mass is 9.79. The zero-order valence-electron chi connectivity index (χ0n) is 21.1. The van der Waals surface area contributed by atoms with Crippen LogP contribution in [0.3, 0.4) is 0 Å². The van der Waals surface area contributed by atoms with Gasteiger partial charge in [0.15, 0.2) is 17.3 Å². The largest absolute Gasteiger partial charge is 0.490 e. The summed E-state index contributed by atoms with van der Waals surface area (Å²) in [6, 6.07) is 17.5. The molecule has 1 aliphatic carbocycles. The third kappa shape index (κ3) is 4.47. The van der Waals surface area contributed by atoms with Crippen LogP contribution in [0.1, 0.15) is 46.8 Å². The van der Waals surface area contributed by atoms with Crippen molar-refractivity contribution in [2.45, 2.75) is 26.4 Å². The van der Waals surface area contributed by atoms with E-state index in [2.05, 4.69) is 27.9 Å². The predicted molar refractivity (Wildman–Crippen MR) is 149 cm³/mol. The molecule has 0 aromatic heterocycles. The number of esters is 1. The highest BCUT2D eigenvalue weighted by Gasteiger charge is 2.43. The number of ether oxygens (including phenoxy) is 3. The fourth-order valence-corrected chi connectivity index (χ4v) is 5.75. The molecule has 0 spiro atoms. The van der Waals surface area contributed by atoms with Gasteiger partial charge >= 0.3 is 5.97 Å². The van der Waals surface area contributed by atoms with Gasteiger partial charge in [-0.25, -0.2) is 9.18 Å².